The standard InChI is InChI=1S/C36H45N5O8S/c1-35(2,3)49-34(46)39-25-12-9-7-5-6-8-11-21-19-36(21,33(44)45)40-30(42)27-18-23(20-41(27)32(25)43)48-31-29(28-13-10-16-50-28)37-26-17-22(47-4)14-15-24(26)38-31/h10,13-17,21,23,25,27H,5-9,11-12,18-20H2,1-4H3,(H,39,46)(H,40,42)(H,44,45)/t21?,23-,25+,27+,36?/m1/s1. The van der Waals surface area contributed by atoms with Crippen LogP contribution >= 0.6 is 11.3 Å². The molecule has 5 atom stereocenters. The molecule has 6 rings (SSSR count). The van der Waals surface area contributed by atoms with Gasteiger partial charge in [-0.05, 0) is 69.5 Å². The molecule has 3 aliphatic rings. The van der Waals surface area contributed by atoms with Crippen LogP contribution < -0.4 is 20.1 Å². The number of amides is 3. The van der Waals surface area contributed by atoms with E-state index >= 15 is 0 Å². The maximum absolute atomic E-state index is 14.4. The number of fused-ring (bicyclic) bond motifs is 3. The number of rotatable bonds is 6. The smallest absolute Gasteiger partial charge is 0.408 e. The summed E-state index contributed by atoms with van der Waals surface area (Å²) in [6, 6.07) is 7.17. The van der Waals surface area contributed by atoms with Crippen LogP contribution in [0.3, 0.4) is 0 Å². The van der Waals surface area contributed by atoms with Crippen LogP contribution in [0.2, 0.25) is 0 Å². The minimum absolute atomic E-state index is 0.0130. The number of carboxylic acid groups (broad SMARTS) is 1. The third-order valence-electron chi connectivity index (χ3n) is 9.59. The fraction of sp³-hybridized carbons (Fsp3) is 0.556. The van der Waals surface area contributed by atoms with Gasteiger partial charge >= 0.3 is 12.1 Å². The summed E-state index contributed by atoms with van der Waals surface area (Å²) in [4.78, 5) is 65.8. The number of aliphatic carboxylic acids is 1. The fourth-order valence-corrected chi connectivity index (χ4v) is 7.67. The fourth-order valence-electron chi connectivity index (χ4n) is 6.96. The van der Waals surface area contributed by atoms with Crippen molar-refractivity contribution in [1.82, 2.24) is 25.5 Å². The molecule has 50 heavy (non-hydrogen) atoms. The Bertz CT molecular complexity index is 1740. The molecule has 14 heteroatoms. The van der Waals surface area contributed by atoms with E-state index in [0.29, 0.717) is 48.2 Å². The first-order valence-corrected chi connectivity index (χ1v) is 18.2. The monoisotopic (exact) mass is 707 g/mol. The zero-order chi connectivity index (χ0) is 35.6. The average Bonchev–Trinajstić information content (AvgIpc) is 3.37. The van der Waals surface area contributed by atoms with E-state index in [4.69, 9.17) is 24.2 Å². The van der Waals surface area contributed by atoms with Crippen LogP contribution in [-0.4, -0.2) is 86.8 Å². The van der Waals surface area contributed by atoms with E-state index in [9.17, 15) is 24.3 Å². The van der Waals surface area contributed by atoms with Crippen molar-refractivity contribution in [3.05, 3.63) is 35.7 Å². The van der Waals surface area contributed by atoms with E-state index in [-0.39, 0.29) is 24.8 Å². The van der Waals surface area contributed by atoms with E-state index in [1.807, 2.05) is 17.5 Å². The van der Waals surface area contributed by atoms with Gasteiger partial charge in [-0.2, -0.15) is 0 Å². The molecular formula is C36H45N5O8S. The number of nitrogens with one attached hydrogen (secondary N) is 2. The number of ether oxygens (including phenoxy) is 3. The summed E-state index contributed by atoms with van der Waals surface area (Å²) in [5, 5.41) is 17.7. The first-order chi connectivity index (χ1) is 23.9. The van der Waals surface area contributed by atoms with Crippen LogP contribution in [0.1, 0.15) is 78.6 Å². The van der Waals surface area contributed by atoms with E-state index in [1.165, 1.54) is 16.2 Å². The van der Waals surface area contributed by atoms with Crippen LogP contribution in [0.25, 0.3) is 21.6 Å². The van der Waals surface area contributed by atoms with Crippen LogP contribution in [-0.2, 0) is 19.1 Å². The van der Waals surface area contributed by atoms with Crippen molar-refractivity contribution < 1.29 is 38.5 Å². The Kier molecular flexibility index (Phi) is 10.2. The number of carbonyl (C=O) groups is 4. The summed E-state index contributed by atoms with van der Waals surface area (Å²) in [5.74, 6) is -1.38. The lowest BCUT2D eigenvalue weighted by Gasteiger charge is -2.30. The van der Waals surface area contributed by atoms with Gasteiger partial charge in [-0.3, -0.25) is 9.59 Å². The number of benzene rings is 1. The van der Waals surface area contributed by atoms with Gasteiger partial charge in [-0.25, -0.2) is 19.6 Å². The Labute approximate surface area is 295 Å². The van der Waals surface area contributed by atoms with E-state index in [2.05, 4.69) is 10.6 Å². The highest BCUT2D eigenvalue weighted by Crippen LogP contribution is 2.47. The van der Waals surface area contributed by atoms with Gasteiger partial charge in [0.15, 0.2) is 0 Å². The Morgan fingerprint density at radius 1 is 1.06 bits per heavy atom. The second-order valence-corrected chi connectivity index (χ2v) is 15.3. The molecule has 1 saturated carbocycles. The number of methoxy groups -OCH3 is 1. The molecule has 2 saturated heterocycles. The van der Waals surface area contributed by atoms with Crippen molar-refractivity contribution in [3.63, 3.8) is 0 Å². The molecule has 2 aliphatic heterocycles. The topological polar surface area (TPSA) is 169 Å². The van der Waals surface area contributed by atoms with Gasteiger partial charge in [0.25, 0.3) is 0 Å². The second-order valence-electron chi connectivity index (χ2n) is 14.4. The van der Waals surface area contributed by atoms with Gasteiger partial charge < -0.3 is 34.9 Å². The first kappa shape index (κ1) is 35.4. The van der Waals surface area contributed by atoms with Crippen molar-refractivity contribution in [3.8, 4) is 22.2 Å². The van der Waals surface area contributed by atoms with Crippen molar-refractivity contribution in [1.29, 1.82) is 0 Å². The summed E-state index contributed by atoms with van der Waals surface area (Å²) in [7, 11) is 1.58. The molecule has 1 aliphatic carbocycles. The van der Waals surface area contributed by atoms with Crippen molar-refractivity contribution >= 4 is 46.2 Å². The number of alkyl carbamates (subject to hydrolysis) is 1. The van der Waals surface area contributed by atoms with Gasteiger partial charge in [-0.15, -0.1) is 11.3 Å². The molecule has 268 valence electrons. The molecule has 1 aromatic carbocycles. The summed E-state index contributed by atoms with van der Waals surface area (Å²) in [6.07, 6.45) is 4.30. The number of hydrogen-bond acceptors (Lipinski definition) is 10. The average molecular weight is 708 g/mol. The highest BCUT2D eigenvalue weighted by molar-refractivity contribution is 7.13. The van der Waals surface area contributed by atoms with Gasteiger partial charge in [0.05, 0.1) is 29.6 Å². The predicted molar refractivity (Wildman–Crippen MR) is 186 cm³/mol. The molecule has 13 nitrogen and oxygen atoms in total. The number of carboxylic acids is 1. The molecule has 3 N–H and O–H groups in total. The van der Waals surface area contributed by atoms with E-state index in [1.54, 1.807) is 46.1 Å². The Hall–Kier alpha value is -4.46. The van der Waals surface area contributed by atoms with Crippen molar-refractivity contribution in [2.24, 2.45) is 5.92 Å². The summed E-state index contributed by atoms with van der Waals surface area (Å²) >= 11 is 1.47. The van der Waals surface area contributed by atoms with Crippen molar-refractivity contribution in [2.75, 3.05) is 13.7 Å². The summed E-state index contributed by atoms with van der Waals surface area (Å²) < 4.78 is 17.4. The first-order valence-electron chi connectivity index (χ1n) is 17.3. The molecule has 3 amide bonds. The van der Waals surface area contributed by atoms with E-state index < -0.39 is 53.2 Å². The van der Waals surface area contributed by atoms with Crippen LogP contribution in [0.4, 0.5) is 4.79 Å². The summed E-state index contributed by atoms with van der Waals surface area (Å²) in [5.41, 5.74) is -0.442. The normalized spacial score (nSPS) is 26.1. The molecule has 2 aromatic heterocycles. The quantitative estimate of drug-likeness (QED) is 0.305. The maximum Gasteiger partial charge on any atom is 0.408 e. The lowest BCUT2D eigenvalue weighted by Crippen LogP contribution is -2.56. The second kappa shape index (κ2) is 14.4. The Balaban J connectivity index is 1.33. The zero-order valence-electron chi connectivity index (χ0n) is 28.9. The van der Waals surface area contributed by atoms with Crippen molar-refractivity contribution in [2.45, 2.75) is 108 Å². The SMILES string of the molecule is COc1ccc2nc(O[C@@H]3C[C@H]4C(=O)NC5(C(=O)O)CC5CCCCCCC[C@H](NC(=O)OC(C)(C)C)C(=O)N4C3)c(-c3cccs3)nc2c1. The lowest BCUT2D eigenvalue weighted by atomic mass is 10.0. The highest BCUT2D eigenvalue weighted by Gasteiger charge is 2.62. The van der Waals surface area contributed by atoms with Gasteiger partial charge in [0, 0.05) is 12.5 Å². The molecule has 0 spiro atoms. The predicted octanol–water partition coefficient (Wildman–Crippen LogP) is 5.31. The highest BCUT2D eigenvalue weighted by atomic mass is 32.1. The third kappa shape index (κ3) is 7.79. The van der Waals surface area contributed by atoms with Gasteiger partial charge in [0.2, 0.25) is 17.7 Å². The number of hydrogen-bond donors (Lipinski definition) is 3. The zero-order valence-corrected chi connectivity index (χ0v) is 29.7. The number of carbonyl (C=O) groups excluding carboxylic acids is 3. The minimum atomic E-state index is -1.36. The molecule has 2 unspecified atom stereocenters. The number of thiophene rings is 1. The van der Waals surface area contributed by atoms with Gasteiger partial charge in [-0.1, -0.05) is 38.2 Å². The minimum Gasteiger partial charge on any atom is -0.497 e. The molecule has 3 fully saturated rings. The molecule has 4 heterocycles. The Morgan fingerprint density at radius 3 is 2.52 bits per heavy atom. The molecule has 0 radical (unpaired) electrons. The van der Waals surface area contributed by atoms with E-state index in [0.717, 1.165) is 30.6 Å². The largest absolute Gasteiger partial charge is 0.497 e. The summed E-state index contributed by atoms with van der Waals surface area (Å²) in [6.45, 7) is 5.24. The molecule has 0 bridgehead atoms. The van der Waals surface area contributed by atoms with Crippen LogP contribution in [0.15, 0.2) is 35.7 Å². The number of aromatic nitrogens is 2. The van der Waals surface area contributed by atoms with Gasteiger partial charge in [0.1, 0.15) is 40.8 Å². The Morgan fingerprint density at radius 2 is 1.82 bits per heavy atom. The molecule has 3 aromatic rings. The van der Waals surface area contributed by atoms with Crippen LogP contribution in [0, 0.1) is 5.92 Å². The molecular weight excluding hydrogens is 662 g/mol. The maximum atomic E-state index is 14.4. The van der Waals surface area contributed by atoms with Crippen LogP contribution in [0.5, 0.6) is 11.6 Å². The lowest BCUT2D eigenvalue weighted by molar-refractivity contribution is -0.146. The number of nitrogens with zero attached hydrogens (tertiary/aromatic N) is 3. The third-order valence-corrected chi connectivity index (χ3v) is 10.5.